The Balaban J connectivity index is 1.75. The molecule has 0 saturated heterocycles. The maximum Gasteiger partial charge on any atom is 0.262 e. The van der Waals surface area contributed by atoms with Crippen LogP contribution < -0.4 is 20.3 Å². The zero-order chi connectivity index (χ0) is 20.1. The molecule has 0 bridgehead atoms. The molecule has 0 fully saturated rings. The van der Waals surface area contributed by atoms with Crippen molar-refractivity contribution in [2.45, 2.75) is 19.4 Å². The Kier molecular flexibility index (Phi) is 6.65. The molecule has 0 radical (unpaired) electrons. The molecular weight excluding hydrogens is 401 g/mol. The van der Waals surface area contributed by atoms with Crippen LogP contribution in [0.25, 0.3) is 0 Å². The Morgan fingerprint density at radius 3 is 2.57 bits per heavy atom. The van der Waals surface area contributed by atoms with Crippen LogP contribution in [-0.4, -0.2) is 37.6 Å². The minimum atomic E-state index is -0.696. The Morgan fingerprint density at radius 2 is 1.86 bits per heavy atom. The smallest absolute Gasteiger partial charge is 0.262 e. The molecule has 1 atom stereocenters. The van der Waals surface area contributed by atoms with Crippen molar-refractivity contribution in [3.05, 3.63) is 52.5 Å². The van der Waals surface area contributed by atoms with E-state index in [2.05, 4.69) is 10.6 Å². The second kappa shape index (κ2) is 9.17. The van der Waals surface area contributed by atoms with Crippen LogP contribution in [-0.2, 0) is 9.59 Å². The van der Waals surface area contributed by atoms with Crippen molar-refractivity contribution < 1.29 is 14.3 Å². The minimum Gasteiger partial charge on any atom is -0.477 e. The third-order valence-electron chi connectivity index (χ3n) is 4.26. The summed E-state index contributed by atoms with van der Waals surface area (Å²) >= 11 is 12.2. The van der Waals surface area contributed by atoms with Crippen molar-refractivity contribution in [3.63, 3.8) is 0 Å². The lowest BCUT2D eigenvalue weighted by molar-refractivity contribution is -0.128. The molecule has 2 aromatic carbocycles. The first-order valence-electron chi connectivity index (χ1n) is 9.01. The van der Waals surface area contributed by atoms with E-state index in [1.165, 1.54) is 0 Å². The summed E-state index contributed by atoms with van der Waals surface area (Å²) < 4.78 is 5.83. The van der Waals surface area contributed by atoms with Gasteiger partial charge in [-0.05, 0) is 30.7 Å². The monoisotopic (exact) mass is 421 g/mol. The van der Waals surface area contributed by atoms with Gasteiger partial charge in [0.2, 0.25) is 5.91 Å². The lowest BCUT2D eigenvalue weighted by Gasteiger charge is -2.35. The predicted molar refractivity (Wildman–Crippen MR) is 111 cm³/mol. The Morgan fingerprint density at radius 1 is 1.14 bits per heavy atom. The summed E-state index contributed by atoms with van der Waals surface area (Å²) in [6.45, 7) is 2.84. The average molecular weight is 422 g/mol. The topological polar surface area (TPSA) is 70.7 Å². The van der Waals surface area contributed by atoms with Crippen molar-refractivity contribution in [3.8, 4) is 5.75 Å². The van der Waals surface area contributed by atoms with Gasteiger partial charge >= 0.3 is 0 Å². The van der Waals surface area contributed by atoms with E-state index in [4.69, 9.17) is 27.9 Å². The number of hydrogen-bond acceptors (Lipinski definition) is 4. The van der Waals surface area contributed by atoms with Gasteiger partial charge in [-0.15, -0.1) is 0 Å². The fourth-order valence-corrected chi connectivity index (χ4v) is 3.42. The molecule has 8 heteroatoms. The molecule has 2 N–H and O–H groups in total. The van der Waals surface area contributed by atoms with Crippen LogP contribution >= 0.6 is 23.2 Å². The summed E-state index contributed by atoms with van der Waals surface area (Å²) in [5.74, 6) is 0.0734. The third-order valence-corrected chi connectivity index (χ3v) is 4.89. The van der Waals surface area contributed by atoms with E-state index in [0.29, 0.717) is 28.0 Å². The van der Waals surface area contributed by atoms with E-state index >= 15 is 0 Å². The number of amides is 2. The fraction of sp³-hybridized carbons (Fsp3) is 0.300. The normalized spacial score (nSPS) is 15.4. The number of rotatable bonds is 6. The number of benzene rings is 2. The lowest BCUT2D eigenvalue weighted by Crippen LogP contribution is -2.50. The zero-order valence-corrected chi connectivity index (χ0v) is 16.9. The van der Waals surface area contributed by atoms with Crippen LogP contribution in [0.3, 0.4) is 0 Å². The molecule has 0 spiro atoms. The molecule has 1 heterocycles. The van der Waals surface area contributed by atoms with Crippen LogP contribution in [0.2, 0.25) is 10.0 Å². The number of nitrogens with zero attached hydrogens (tertiary/aromatic N) is 1. The van der Waals surface area contributed by atoms with Crippen LogP contribution in [0.4, 0.5) is 11.4 Å². The van der Waals surface area contributed by atoms with Crippen molar-refractivity contribution in [2.75, 3.05) is 29.9 Å². The van der Waals surface area contributed by atoms with E-state index in [1.807, 2.05) is 30.0 Å². The highest BCUT2D eigenvalue weighted by Crippen LogP contribution is 2.33. The first kappa shape index (κ1) is 20.3. The highest BCUT2D eigenvalue weighted by Gasteiger charge is 2.31. The van der Waals surface area contributed by atoms with Crippen molar-refractivity contribution in [1.29, 1.82) is 0 Å². The average Bonchev–Trinajstić information content (AvgIpc) is 2.69. The van der Waals surface area contributed by atoms with Gasteiger partial charge in [0, 0.05) is 6.54 Å². The number of ether oxygens (including phenoxy) is 1. The van der Waals surface area contributed by atoms with Gasteiger partial charge in [-0.1, -0.05) is 48.3 Å². The van der Waals surface area contributed by atoms with Crippen LogP contribution in [0.15, 0.2) is 42.5 Å². The second-order valence-electron chi connectivity index (χ2n) is 6.39. The first-order valence-corrected chi connectivity index (χ1v) is 9.77. The first-order chi connectivity index (χ1) is 13.5. The van der Waals surface area contributed by atoms with Crippen molar-refractivity contribution in [1.82, 2.24) is 5.32 Å². The minimum absolute atomic E-state index is 0.0273. The van der Waals surface area contributed by atoms with Crippen LogP contribution in [0.5, 0.6) is 5.75 Å². The van der Waals surface area contributed by atoms with Crippen molar-refractivity contribution in [2.24, 2.45) is 0 Å². The van der Waals surface area contributed by atoms with Gasteiger partial charge < -0.3 is 20.3 Å². The molecule has 0 aromatic heterocycles. The Hall–Kier alpha value is -2.44. The van der Waals surface area contributed by atoms with E-state index in [9.17, 15) is 9.59 Å². The molecular formula is C20H21Cl2N3O3. The second-order valence-corrected chi connectivity index (χ2v) is 7.21. The predicted octanol–water partition coefficient (Wildman–Crippen LogP) is 3.73. The Labute approximate surface area is 173 Å². The molecule has 148 valence electrons. The molecule has 3 rings (SSSR count). The molecule has 6 nitrogen and oxygen atoms in total. The molecule has 2 aromatic rings. The van der Waals surface area contributed by atoms with Gasteiger partial charge in [0.15, 0.2) is 6.10 Å². The van der Waals surface area contributed by atoms with Gasteiger partial charge in [-0.3, -0.25) is 9.59 Å². The maximum atomic E-state index is 12.6. The highest BCUT2D eigenvalue weighted by molar-refractivity contribution is 6.39. The number of carbonyl (C=O) groups is 2. The fourth-order valence-electron chi connectivity index (χ4n) is 2.92. The summed E-state index contributed by atoms with van der Waals surface area (Å²) in [6.07, 6.45) is 0.137. The number of nitrogens with one attached hydrogen (secondary N) is 2. The van der Waals surface area contributed by atoms with Crippen LogP contribution in [0.1, 0.15) is 13.3 Å². The molecule has 2 amide bonds. The standard InChI is InChI=1S/C20H21Cl2N3O3/c1-2-10-23-20(27)17-11-25(15-8-3-4-9-16(15)28-17)12-18(26)24-19-13(21)6-5-7-14(19)22/h3-9,17H,2,10-12H2,1H3,(H,23,27)(H,24,26). The largest absolute Gasteiger partial charge is 0.477 e. The molecule has 1 aliphatic rings. The van der Waals surface area contributed by atoms with E-state index in [-0.39, 0.29) is 24.9 Å². The number of fused-ring (bicyclic) bond motifs is 1. The van der Waals surface area contributed by atoms with Crippen molar-refractivity contribution >= 4 is 46.4 Å². The quantitative estimate of drug-likeness (QED) is 0.745. The molecule has 1 aliphatic heterocycles. The van der Waals surface area contributed by atoms with Gasteiger partial charge in [-0.2, -0.15) is 0 Å². The van der Waals surface area contributed by atoms with Gasteiger partial charge in [0.05, 0.1) is 34.5 Å². The molecule has 1 unspecified atom stereocenters. The van der Waals surface area contributed by atoms with Crippen LogP contribution in [0, 0.1) is 0 Å². The van der Waals surface area contributed by atoms with E-state index in [1.54, 1.807) is 24.3 Å². The van der Waals surface area contributed by atoms with E-state index in [0.717, 1.165) is 12.1 Å². The number of para-hydroxylation sites is 3. The lowest BCUT2D eigenvalue weighted by atomic mass is 10.1. The number of hydrogen-bond donors (Lipinski definition) is 2. The van der Waals surface area contributed by atoms with Gasteiger partial charge in [-0.25, -0.2) is 0 Å². The number of carbonyl (C=O) groups excluding carboxylic acids is 2. The number of anilines is 2. The third kappa shape index (κ3) is 4.69. The van der Waals surface area contributed by atoms with Gasteiger partial charge in [0.1, 0.15) is 5.75 Å². The maximum absolute atomic E-state index is 12.6. The highest BCUT2D eigenvalue weighted by atomic mass is 35.5. The summed E-state index contributed by atoms with van der Waals surface area (Å²) in [6, 6.07) is 12.3. The van der Waals surface area contributed by atoms with E-state index < -0.39 is 6.10 Å². The van der Waals surface area contributed by atoms with Gasteiger partial charge in [0.25, 0.3) is 5.91 Å². The summed E-state index contributed by atoms with van der Waals surface area (Å²) in [5, 5.41) is 6.31. The summed E-state index contributed by atoms with van der Waals surface area (Å²) in [4.78, 5) is 26.8. The Bertz CT molecular complexity index is 855. The number of halogens is 2. The summed E-state index contributed by atoms with van der Waals surface area (Å²) in [7, 11) is 0. The molecule has 0 saturated carbocycles. The SMILES string of the molecule is CCCNC(=O)C1CN(CC(=O)Nc2c(Cl)cccc2Cl)c2ccccc2O1. The molecule has 28 heavy (non-hydrogen) atoms. The zero-order valence-electron chi connectivity index (χ0n) is 15.4. The molecule has 0 aliphatic carbocycles. The summed E-state index contributed by atoms with van der Waals surface area (Å²) in [5.41, 5.74) is 1.12.